The molecule has 0 atom stereocenters. The summed E-state index contributed by atoms with van der Waals surface area (Å²) in [7, 11) is 1.95. The van der Waals surface area contributed by atoms with Gasteiger partial charge >= 0.3 is 0 Å². The van der Waals surface area contributed by atoms with Crippen LogP contribution in [0, 0.1) is 0 Å². The zero-order valence-electron chi connectivity index (χ0n) is 9.08. The van der Waals surface area contributed by atoms with Crippen LogP contribution in [0.4, 0.5) is 0 Å². The van der Waals surface area contributed by atoms with Crippen molar-refractivity contribution >= 4 is 17.8 Å². The smallest absolute Gasteiger partial charge is 0.191 e. The van der Waals surface area contributed by atoms with Crippen molar-refractivity contribution in [3.63, 3.8) is 0 Å². The monoisotopic (exact) mass is 231 g/mol. The summed E-state index contributed by atoms with van der Waals surface area (Å²) >= 11 is 1.68. The molecule has 2 rings (SSSR count). The van der Waals surface area contributed by atoms with Crippen LogP contribution in [0.2, 0.25) is 0 Å². The predicted molar refractivity (Wildman–Crippen MR) is 67.2 cm³/mol. The Labute approximate surface area is 99.2 Å². The molecule has 1 aromatic heterocycles. The van der Waals surface area contributed by atoms with Crippen molar-refractivity contribution in [3.8, 4) is 0 Å². The maximum absolute atomic E-state index is 4.00. The normalized spacial score (nSPS) is 11.1. The van der Waals surface area contributed by atoms with Crippen LogP contribution in [0.3, 0.4) is 0 Å². The first-order valence-electron chi connectivity index (χ1n) is 5.04. The number of aromatic nitrogens is 3. The fourth-order valence-corrected chi connectivity index (χ4v) is 1.97. The van der Waals surface area contributed by atoms with Crippen LogP contribution >= 0.6 is 11.8 Å². The topological polar surface area (TPSA) is 30.7 Å². The van der Waals surface area contributed by atoms with E-state index in [2.05, 4.69) is 34.5 Å². The van der Waals surface area contributed by atoms with Gasteiger partial charge in [-0.3, -0.25) is 0 Å². The van der Waals surface area contributed by atoms with Gasteiger partial charge in [0, 0.05) is 12.8 Å². The number of nitrogens with zero attached hydrogens (tertiary/aromatic N) is 3. The number of hydrogen-bond donors (Lipinski definition) is 0. The summed E-state index contributed by atoms with van der Waals surface area (Å²) in [5, 5.41) is 8.77. The molecular weight excluding hydrogens is 218 g/mol. The van der Waals surface area contributed by atoms with Crippen molar-refractivity contribution in [2.24, 2.45) is 7.05 Å². The van der Waals surface area contributed by atoms with Gasteiger partial charge in [0.05, 0.1) is 0 Å². The first-order chi connectivity index (χ1) is 7.86. The Morgan fingerprint density at radius 3 is 2.81 bits per heavy atom. The molecule has 0 aliphatic rings. The van der Waals surface area contributed by atoms with E-state index in [0.717, 1.165) is 10.9 Å². The zero-order valence-corrected chi connectivity index (χ0v) is 9.89. The molecule has 0 saturated heterocycles. The highest BCUT2D eigenvalue weighted by atomic mass is 32.2. The lowest BCUT2D eigenvalue weighted by Gasteiger charge is -1.96. The Kier molecular flexibility index (Phi) is 3.77. The number of hydrogen-bond acceptors (Lipinski definition) is 3. The van der Waals surface area contributed by atoms with Crippen molar-refractivity contribution < 1.29 is 0 Å². The Hall–Kier alpha value is -1.55. The fraction of sp³-hybridized carbons (Fsp3) is 0.167. The van der Waals surface area contributed by atoms with E-state index >= 15 is 0 Å². The molecule has 1 aromatic carbocycles. The summed E-state index contributed by atoms with van der Waals surface area (Å²) in [6.45, 7) is 0. The third kappa shape index (κ3) is 2.97. The molecule has 82 valence electrons. The minimum absolute atomic E-state index is 0.904. The molecule has 0 aliphatic heterocycles. The van der Waals surface area contributed by atoms with Gasteiger partial charge in [0.15, 0.2) is 5.16 Å². The first kappa shape index (κ1) is 11.0. The molecule has 1 heterocycles. The average molecular weight is 231 g/mol. The van der Waals surface area contributed by atoms with Crippen molar-refractivity contribution in [3.05, 3.63) is 48.3 Å². The number of rotatable bonds is 4. The molecule has 3 nitrogen and oxygen atoms in total. The fourth-order valence-electron chi connectivity index (χ4n) is 1.27. The molecule has 0 fully saturated rings. The highest BCUT2D eigenvalue weighted by molar-refractivity contribution is 7.99. The van der Waals surface area contributed by atoms with E-state index in [1.54, 1.807) is 18.1 Å². The van der Waals surface area contributed by atoms with Gasteiger partial charge in [-0.05, 0) is 5.56 Å². The largest absolute Gasteiger partial charge is 0.312 e. The van der Waals surface area contributed by atoms with Crippen LogP contribution < -0.4 is 0 Å². The molecule has 0 aliphatic carbocycles. The summed E-state index contributed by atoms with van der Waals surface area (Å²) in [4.78, 5) is 0. The highest BCUT2D eigenvalue weighted by Gasteiger charge is 1.97. The van der Waals surface area contributed by atoms with Crippen LogP contribution in [0.15, 0.2) is 47.9 Å². The number of aryl methyl sites for hydroxylation is 1. The maximum atomic E-state index is 4.00. The molecule has 0 amide bonds. The molecule has 0 saturated carbocycles. The zero-order chi connectivity index (χ0) is 11.2. The lowest BCUT2D eigenvalue weighted by atomic mass is 10.2. The van der Waals surface area contributed by atoms with E-state index in [1.165, 1.54) is 5.56 Å². The quantitative estimate of drug-likeness (QED) is 0.758. The third-order valence-electron chi connectivity index (χ3n) is 2.09. The molecule has 0 bridgehead atoms. The lowest BCUT2D eigenvalue weighted by Crippen LogP contribution is -1.88. The second kappa shape index (κ2) is 5.51. The van der Waals surface area contributed by atoms with Crippen molar-refractivity contribution in [1.82, 2.24) is 14.8 Å². The molecule has 2 aromatic rings. The Balaban J connectivity index is 1.85. The number of thioether (sulfide) groups is 1. The van der Waals surface area contributed by atoms with E-state index in [1.807, 2.05) is 29.8 Å². The van der Waals surface area contributed by atoms with Gasteiger partial charge < -0.3 is 4.57 Å². The minimum Gasteiger partial charge on any atom is -0.312 e. The highest BCUT2D eigenvalue weighted by Crippen LogP contribution is 2.13. The van der Waals surface area contributed by atoms with Gasteiger partial charge in [-0.15, -0.1) is 10.2 Å². The summed E-state index contributed by atoms with van der Waals surface area (Å²) in [6.07, 6.45) is 5.96. The third-order valence-corrected chi connectivity index (χ3v) is 3.08. The SMILES string of the molecule is Cn1cnnc1SCC=Cc1ccccc1. The average Bonchev–Trinajstić information content (AvgIpc) is 2.72. The van der Waals surface area contributed by atoms with Crippen molar-refractivity contribution in [2.45, 2.75) is 5.16 Å². The molecule has 16 heavy (non-hydrogen) atoms. The summed E-state index contributed by atoms with van der Waals surface area (Å²) in [5.74, 6) is 0.904. The van der Waals surface area contributed by atoms with E-state index in [9.17, 15) is 0 Å². The minimum atomic E-state index is 0.904. The van der Waals surface area contributed by atoms with E-state index in [4.69, 9.17) is 0 Å². The van der Waals surface area contributed by atoms with E-state index in [0.29, 0.717) is 0 Å². The molecule has 0 unspecified atom stereocenters. The van der Waals surface area contributed by atoms with Crippen molar-refractivity contribution in [1.29, 1.82) is 0 Å². The van der Waals surface area contributed by atoms with E-state index in [-0.39, 0.29) is 0 Å². The molecule has 4 heteroatoms. The van der Waals surface area contributed by atoms with Gasteiger partial charge in [0.1, 0.15) is 6.33 Å². The van der Waals surface area contributed by atoms with Crippen LogP contribution in [-0.4, -0.2) is 20.5 Å². The van der Waals surface area contributed by atoms with Gasteiger partial charge in [-0.2, -0.15) is 0 Å². The van der Waals surface area contributed by atoms with Crippen LogP contribution in [0.5, 0.6) is 0 Å². The summed E-state index contributed by atoms with van der Waals surface area (Å²) in [6, 6.07) is 10.3. The Morgan fingerprint density at radius 1 is 1.31 bits per heavy atom. The van der Waals surface area contributed by atoms with Gasteiger partial charge in [-0.25, -0.2) is 0 Å². The second-order valence-corrected chi connectivity index (χ2v) is 4.34. The molecule has 0 radical (unpaired) electrons. The summed E-state index contributed by atoms with van der Waals surface area (Å²) in [5.41, 5.74) is 1.22. The molecule has 0 spiro atoms. The maximum Gasteiger partial charge on any atom is 0.191 e. The number of benzene rings is 1. The van der Waals surface area contributed by atoms with Crippen LogP contribution in [-0.2, 0) is 7.05 Å². The van der Waals surface area contributed by atoms with Crippen molar-refractivity contribution in [2.75, 3.05) is 5.75 Å². The van der Waals surface area contributed by atoms with Crippen LogP contribution in [0.1, 0.15) is 5.56 Å². The van der Waals surface area contributed by atoms with Crippen LogP contribution in [0.25, 0.3) is 6.08 Å². The Morgan fingerprint density at radius 2 is 2.12 bits per heavy atom. The lowest BCUT2D eigenvalue weighted by molar-refractivity contribution is 0.789. The summed E-state index contributed by atoms with van der Waals surface area (Å²) < 4.78 is 1.92. The Bertz CT molecular complexity index is 462. The first-order valence-corrected chi connectivity index (χ1v) is 6.03. The molecule has 0 N–H and O–H groups in total. The molecular formula is C12H13N3S. The van der Waals surface area contributed by atoms with E-state index < -0.39 is 0 Å². The van der Waals surface area contributed by atoms with Gasteiger partial charge in [0.2, 0.25) is 0 Å². The van der Waals surface area contributed by atoms with Gasteiger partial charge in [-0.1, -0.05) is 54.2 Å². The standard InChI is InChI=1S/C12H13N3S/c1-15-10-13-14-12(15)16-9-5-8-11-6-3-2-4-7-11/h2-8,10H,9H2,1H3. The van der Waals surface area contributed by atoms with Gasteiger partial charge in [0.25, 0.3) is 0 Å². The second-order valence-electron chi connectivity index (χ2n) is 3.35. The predicted octanol–water partition coefficient (Wildman–Crippen LogP) is 2.62.